The second kappa shape index (κ2) is 8.24. The Hall–Kier alpha value is -3.22. The van der Waals surface area contributed by atoms with Crippen LogP contribution in [0, 0.1) is 6.92 Å². The first kappa shape index (κ1) is 17.6. The number of hydrogen-bond donors (Lipinski definition) is 1. The van der Waals surface area contributed by atoms with Gasteiger partial charge in [-0.15, -0.1) is 0 Å². The smallest absolute Gasteiger partial charge is 0.267 e. The molecular formula is C19H21N5O2. The molecule has 0 saturated heterocycles. The SMILES string of the molecule is Cc1nccn1CCCNC(=O)Cn1nc(-c2ccccc2)ccc1=O. The predicted molar refractivity (Wildman–Crippen MR) is 98.5 cm³/mol. The minimum Gasteiger partial charge on any atom is -0.354 e. The van der Waals surface area contributed by atoms with E-state index in [2.05, 4.69) is 15.4 Å². The van der Waals surface area contributed by atoms with E-state index in [4.69, 9.17) is 0 Å². The van der Waals surface area contributed by atoms with Crippen molar-refractivity contribution in [2.75, 3.05) is 6.54 Å². The van der Waals surface area contributed by atoms with E-state index < -0.39 is 0 Å². The average Bonchev–Trinajstić information content (AvgIpc) is 3.06. The van der Waals surface area contributed by atoms with Crippen LogP contribution in [0.1, 0.15) is 12.2 Å². The lowest BCUT2D eigenvalue weighted by molar-refractivity contribution is -0.121. The molecule has 0 aliphatic carbocycles. The summed E-state index contributed by atoms with van der Waals surface area (Å²) in [5.41, 5.74) is 1.26. The fourth-order valence-corrected chi connectivity index (χ4v) is 2.63. The number of hydrogen-bond acceptors (Lipinski definition) is 4. The molecule has 3 rings (SSSR count). The standard InChI is InChI=1S/C19H21N5O2/c1-15-20-11-13-23(15)12-5-10-21-18(25)14-24-19(26)9-8-17(22-24)16-6-3-2-4-7-16/h2-4,6-9,11,13H,5,10,12,14H2,1H3,(H,21,25). The Labute approximate surface area is 151 Å². The molecule has 0 bridgehead atoms. The summed E-state index contributed by atoms with van der Waals surface area (Å²) in [6.45, 7) is 3.16. The minimum absolute atomic E-state index is 0.0936. The number of imidazole rings is 1. The van der Waals surface area contributed by atoms with Crippen molar-refractivity contribution >= 4 is 5.91 Å². The number of carbonyl (C=O) groups excluding carboxylic acids is 1. The van der Waals surface area contributed by atoms with Gasteiger partial charge in [0.05, 0.1) is 5.69 Å². The third-order valence-electron chi connectivity index (χ3n) is 4.05. The van der Waals surface area contributed by atoms with Crippen molar-refractivity contribution in [1.82, 2.24) is 24.6 Å². The van der Waals surface area contributed by atoms with Crippen LogP contribution in [0.5, 0.6) is 0 Å². The zero-order valence-corrected chi connectivity index (χ0v) is 14.6. The lowest BCUT2D eigenvalue weighted by Gasteiger charge is -2.09. The van der Waals surface area contributed by atoms with Crippen LogP contribution in [-0.4, -0.2) is 31.8 Å². The summed E-state index contributed by atoms with van der Waals surface area (Å²) in [6, 6.07) is 12.6. The molecule has 2 aromatic heterocycles. The van der Waals surface area contributed by atoms with Crippen molar-refractivity contribution in [2.45, 2.75) is 26.4 Å². The van der Waals surface area contributed by atoms with Gasteiger partial charge in [0.15, 0.2) is 0 Å². The molecule has 0 fully saturated rings. The maximum absolute atomic E-state index is 12.1. The second-order valence-electron chi connectivity index (χ2n) is 5.95. The number of benzene rings is 1. The fourth-order valence-electron chi connectivity index (χ4n) is 2.63. The molecule has 1 amide bonds. The Morgan fingerprint density at radius 1 is 1.15 bits per heavy atom. The number of nitrogens with one attached hydrogen (secondary N) is 1. The molecule has 0 atom stereocenters. The molecule has 7 heteroatoms. The van der Waals surface area contributed by atoms with Gasteiger partial charge >= 0.3 is 0 Å². The van der Waals surface area contributed by atoms with Crippen molar-refractivity contribution in [3.63, 3.8) is 0 Å². The van der Waals surface area contributed by atoms with Crippen LogP contribution >= 0.6 is 0 Å². The molecule has 1 aromatic carbocycles. The van der Waals surface area contributed by atoms with E-state index in [0.717, 1.165) is 24.4 Å². The van der Waals surface area contributed by atoms with Gasteiger partial charge in [0.2, 0.25) is 5.91 Å². The van der Waals surface area contributed by atoms with Gasteiger partial charge < -0.3 is 9.88 Å². The monoisotopic (exact) mass is 351 g/mol. The molecule has 26 heavy (non-hydrogen) atoms. The number of aromatic nitrogens is 4. The highest BCUT2D eigenvalue weighted by Crippen LogP contribution is 2.13. The van der Waals surface area contributed by atoms with Crippen molar-refractivity contribution in [3.05, 3.63) is 71.0 Å². The fraction of sp³-hybridized carbons (Fsp3) is 0.263. The van der Waals surface area contributed by atoms with Crippen LogP contribution in [0.2, 0.25) is 0 Å². The van der Waals surface area contributed by atoms with E-state index in [9.17, 15) is 9.59 Å². The van der Waals surface area contributed by atoms with E-state index >= 15 is 0 Å². The second-order valence-corrected chi connectivity index (χ2v) is 5.95. The van der Waals surface area contributed by atoms with E-state index in [1.807, 2.05) is 48.0 Å². The van der Waals surface area contributed by atoms with Crippen molar-refractivity contribution < 1.29 is 4.79 Å². The molecule has 3 aromatic rings. The number of nitrogens with zero attached hydrogens (tertiary/aromatic N) is 4. The molecule has 0 unspecified atom stereocenters. The lowest BCUT2D eigenvalue weighted by Crippen LogP contribution is -2.34. The topological polar surface area (TPSA) is 81.8 Å². The van der Waals surface area contributed by atoms with E-state index in [1.165, 1.54) is 10.7 Å². The third kappa shape index (κ3) is 4.44. The Balaban J connectivity index is 1.55. The van der Waals surface area contributed by atoms with Gasteiger partial charge in [0, 0.05) is 37.1 Å². The van der Waals surface area contributed by atoms with Crippen molar-refractivity contribution in [1.29, 1.82) is 0 Å². The predicted octanol–water partition coefficient (Wildman–Crippen LogP) is 1.62. The van der Waals surface area contributed by atoms with Gasteiger partial charge in [-0.25, -0.2) is 9.67 Å². The van der Waals surface area contributed by atoms with Gasteiger partial charge in [0.1, 0.15) is 12.4 Å². The van der Waals surface area contributed by atoms with Crippen LogP contribution in [0.4, 0.5) is 0 Å². The van der Waals surface area contributed by atoms with Gasteiger partial charge in [-0.3, -0.25) is 9.59 Å². The van der Waals surface area contributed by atoms with Crippen LogP contribution in [-0.2, 0) is 17.9 Å². The molecule has 0 radical (unpaired) electrons. The van der Waals surface area contributed by atoms with Crippen LogP contribution in [0.25, 0.3) is 11.3 Å². The molecular weight excluding hydrogens is 330 g/mol. The van der Waals surface area contributed by atoms with Crippen molar-refractivity contribution in [3.8, 4) is 11.3 Å². The summed E-state index contributed by atoms with van der Waals surface area (Å²) >= 11 is 0. The van der Waals surface area contributed by atoms with E-state index in [-0.39, 0.29) is 18.0 Å². The minimum atomic E-state index is -0.297. The Kier molecular flexibility index (Phi) is 5.58. The highest BCUT2D eigenvalue weighted by atomic mass is 16.2. The summed E-state index contributed by atoms with van der Waals surface area (Å²) in [7, 11) is 0. The summed E-state index contributed by atoms with van der Waals surface area (Å²) in [5.74, 6) is 0.719. The summed E-state index contributed by atoms with van der Waals surface area (Å²) < 4.78 is 3.22. The van der Waals surface area contributed by atoms with Crippen LogP contribution in [0.15, 0.2) is 59.7 Å². The number of aryl methyl sites for hydroxylation is 2. The molecule has 7 nitrogen and oxygen atoms in total. The number of rotatable bonds is 7. The van der Waals surface area contributed by atoms with E-state index in [1.54, 1.807) is 12.3 Å². The zero-order valence-electron chi connectivity index (χ0n) is 14.6. The van der Waals surface area contributed by atoms with Gasteiger partial charge in [-0.05, 0) is 19.4 Å². The quantitative estimate of drug-likeness (QED) is 0.656. The summed E-state index contributed by atoms with van der Waals surface area (Å²) in [6.07, 6.45) is 4.46. The molecule has 0 aliphatic heterocycles. The molecule has 0 spiro atoms. The Bertz CT molecular complexity index is 930. The largest absolute Gasteiger partial charge is 0.354 e. The van der Waals surface area contributed by atoms with Gasteiger partial charge in [0.25, 0.3) is 5.56 Å². The van der Waals surface area contributed by atoms with Crippen molar-refractivity contribution in [2.24, 2.45) is 0 Å². The first-order chi connectivity index (χ1) is 12.6. The summed E-state index contributed by atoms with van der Waals surface area (Å²) in [5, 5.41) is 7.12. The average molecular weight is 351 g/mol. The van der Waals surface area contributed by atoms with Crippen LogP contribution < -0.4 is 10.9 Å². The van der Waals surface area contributed by atoms with Gasteiger partial charge in [-0.2, -0.15) is 5.10 Å². The third-order valence-corrected chi connectivity index (χ3v) is 4.05. The maximum atomic E-state index is 12.1. The molecule has 2 heterocycles. The Morgan fingerprint density at radius 2 is 1.96 bits per heavy atom. The first-order valence-corrected chi connectivity index (χ1v) is 8.51. The normalized spacial score (nSPS) is 10.7. The molecule has 1 N–H and O–H groups in total. The van der Waals surface area contributed by atoms with Gasteiger partial charge in [-0.1, -0.05) is 30.3 Å². The highest BCUT2D eigenvalue weighted by Gasteiger charge is 2.07. The number of amides is 1. The first-order valence-electron chi connectivity index (χ1n) is 8.51. The molecule has 0 saturated carbocycles. The van der Waals surface area contributed by atoms with Crippen LogP contribution in [0.3, 0.4) is 0 Å². The number of carbonyl (C=O) groups is 1. The molecule has 134 valence electrons. The lowest BCUT2D eigenvalue weighted by atomic mass is 10.1. The molecule has 0 aliphatic rings. The van der Waals surface area contributed by atoms with E-state index in [0.29, 0.717) is 12.2 Å². The summed E-state index contributed by atoms with van der Waals surface area (Å²) in [4.78, 5) is 28.2. The Morgan fingerprint density at radius 3 is 2.69 bits per heavy atom. The zero-order chi connectivity index (χ0) is 18.4. The maximum Gasteiger partial charge on any atom is 0.267 e. The highest BCUT2D eigenvalue weighted by molar-refractivity contribution is 5.75.